The molecule has 1 N–H and O–H groups in total. The summed E-state index contributed by atoms with van der Waals surface area (Å²) in [6.45, 7) is 3.60. The zero-order chi connectivity index (χ0) is 20.7. The van der Waals surface area contributed by atoms with Gasteiger partial charge in [-0.3, -0.25) is 0 Å². The van der Waals surface area contributed by atoms with Crippen LogP contribution in [0.15, 0.2) is 74.7 Å². The van der Waals surface area contributed by atoms with Crippen LogP contribution in [0.4, 0.5) is 0 Å². The van der Waals surface area contributed by atoms with Crippen LogP contribution in [0.2, 0.25) is 0 Å². The molecule has 0 spiro atoms. The van der Waals surface area contributed by atoms with Crippen molar-refractivity contribution in [3.63, 3.8) is 0 Å². The summed E-state index contributed by atoms with van der Waals surface area (Å²) in [7, 11) is -4.13. The number of hydrogen-bond acceptors (Lipinski definition) is 7. The number of rotatable bonds is 6. The van der Waals surface area contributed by atoms with E-state index in [1.54, 1.807) is 55.8 Å². The van der Waals surface area contributed by atoms with Crippen molar-refractivity contribution in [2.45, 2.75) is 18.7 Å². The van der Waals surface area contributed by atoms with Gasteiger partial charge < -0.3 is 10.1 Å². The maximum Gasteiger partial charge on any atom is 0.341 e. The van der Waals surface area contributed by atoms with E-state index >= 15 is 0 Å². The van der Waals surface area contributed by atoms with E-state index < -0.39 is 20.7 Å². The van der Waals surface area contributed by atoms with Gasteiger partial charge >= 0.3 is 5.97 Å². The molecule has 146 valence electrons. The van der Waals surface area contributed by atoms with E-state index in [0.29, 0.717) is 5.70 Å². The topological polar surface area (TPSA) is 96.3 Å². The van der Waals surface area contributed by atoms with Crippen LogP contribution in [0.1, 0.15) is 12.5 Å². The zero-order valence-corrected chi connectivity index (χ0v) is 17.4. The highest BCUT2D eigenvalue weighted by molar-refractivity contribution is 8.04. The van der Waals surface area contributed by atoms with Gasteiger partial charge in [-0.25, -0.2) is 13.2 Å². The first kappa shape index (κ1) is 21.5. The van der Waals surface area contributed by atoms with Gasteiger partial charge in [-0.15, -0.1) is 11.8 Å². The van der Waals surface area contributed by atoms with Gasteiger partial charge in [-0.2, -0.15) is 5.26 Å². The number of esters is 1. The van der Waals surface area contributed by atoms with Crippen molar-refractivity contribution in [1.82, 2.24) is 5.32 Å². The summed E-state index contributed by atoms with van der Waals surface area (Å²) in [5, 5.41) is 12.6. The van der Waals surface area contributed by atoms with Crippen LogP contribution in [0.25, 0.3) is 0 Å². The largest absolute Gasteiger partial charge is 0.462 e. The van der Waals surface area contributed by atoms with Crippen LogP contribution in [0.3, 0.4) is 0 Å². The molecule has 1 aromatic carbocycles. The number of carbonyl (C=O) groups excluding carboxylic acids is 1. The standard InChI is InChI=1S/C20H20N2O4S2/c1-4-26-20(23)18(16-7-5-6-12-22-16)19(27-3)17(13-21)28(24,25)15-10-8-14(2)9-11-15/h5-12,22H,4H2,1-3H3/b18-16-,19-17+. The van der Waals surface area contributed by atoms with Crippen LogP contribution in [-0.4, -0.2) is 27.2 Å². The molecule has 8 heteroatoms. The number of ether oxygens (including phenoxy) is 1. The Kier molecular flexibility index (Phi) is 7.26. The van der Waals surface area contributed by atoms with E-state index in [2.05, 4.69) is 5.32 Å². The molecule has 0 radical (unpaired) electrons. The number of sulfone groups is 1. The monoisotopic (exact) mass is 416 g/mol. The van der Waals surface area contributed by atoms with Gasteiger partial charge in [-0.1, -0.05) is 23.8 Å². The molecule has 0 bridgehead atoms. The number of aryl methyl sites for hydroxylation is 1. The summed E-state index contributed by atoms with van der Waals surface area (Å²) in [6, 6.07) is 7.98. The first-order chi connectivity index (χ1) is 13.4. The van der Waals surface area contributed by atoms with Gasteiger partial charge in [0.2, 0.25) is 9.84 Å². The Morgan fingerprint density at radius 3 is 2.43 bits per heavy atom. The molecule has 1 heterocycles. The highest BCUT2D eigenvalue weighted by atomic mass is 32.2. The molecular weight excluding hydrogens is 396 g/mol. The summed E-state index contributed by atoms with van der Waals surface area (Å²) in [5.74, 6) is -0.707. The lowest BCUT2D eigenvalue weighted by molar-refractivity contribution is -0.138. The second-order valence-electron chi connectivity index (χ2n) is 5.66. The van der Waals surface area contributed by atoms with E-state index in [9.17, 15) is 18.5 Å². The third-order valence-corrected chi connectivity index (χ3v) is 6.47. The van der Waals surface area contributed by atoms with Gasteiger partial charge in [0.25, 0.3) is 0 Å². The van der Waals surface area contributed by atoms with Crippen molar-refractivity contribution >= 4 is 27.6 Å². The first-order valence-electron chi connectivity index (χ1n) is 8.38. The normalized spacial score (nSPS) is 15.9. The first-order valence-corrected chi connectivity index (χ1v) is 11.1. The van der Waals surface area contributed by atoms with Crippen LogP contribution < -0.4 is 5.32 Å². The Hall–Kier alpha value is -2.76. The second kappa shape index (κ2) is 9.44. The Morgan fingerprint density at radius 2 is 1.93 bits per heavy atom. The van der Waals surface area contributed by atoms with Crippen molar-refractivity contribution in [1.29, 1.82) is 5.26 Å². The Balaban J connectivity index is 2.76. The van der Waals surface area contributed by atoms with Crippen LogP contribution in [0.5, 0.6) is 0 Å². The third-order valence-electron chi connectivity index (χ3n) is 3.80. The van der Waals surface area contributed by atoms with Crippen LogP contribution in [0, 0.1) is 18.3 Å². The molecular formula is C20H20N2O4S2. The van der Waals surface area contributed by atoms with E-state index in [-0.39, 0.29) is 22.0 Å². The molecule has 1 aromatic rings. The lowest BCUT2D eigenvalue weighted by Crippen LogP contribution is -2.19. The van der Waals surface area contributed by atoms with Crippen LogP contribution in [-0.2, 0) is 19.4 Å². The van der Waals surface area contributed by atoms with Crippen LogP contribution >= 0.6 is 11.8 Å². The van der Waals surface area contributed by atoms with E-state index in [1.165, 1.54) is 12.1 Å². The fourth-order valence-corrected chi connectivity index (χ4v) is 4.86. The Labute approximate surface area is 169 Å². The molecule has 0 aromatic heterocycles. The van der Waals surface area contributed by atoms with E-state index in [4.69, 9.17) is 4.74 Å². The number of dihydropyridines is 1. The molecule has 0 aliphatic carbocycles. The predicted octanol–water partition coefficient (Wildman–Crippen LogP) is 3.36. The molecule has 0 saturated heterocycles. The molecule has 28 heavy (non-hydrogen) atoms. The minimum absolute atomic E-state index is 0.00202. The molecule has 0 fully saturated rings. The maximum atomic E-state index is 13.1. The molecule has 6 nitrogen and oxygen atoms in total. The smallest absolute Gasteiger partial charge is 0.341 e. The lowest BCUT2D eigenvalue weighted by Gasteiger charge is -2.17. The summed E-state index contributed by atoms with van der Waals surface area (Å²) in [6.07, 6.45) is 8.26. The number of allylic oxidation sites excluding steroid dienone is 4. The van der Waals surface area contributed by atoms with Gasteiger partial charge in [0.1, 0.15) is 6.07 Å². The van der Waals surface area contributed by atoms with Crippen molar-refractivity contribution in [3.05, 3.63) is 75.3 Å². The third kappa shape index (κ3) is 4.55. The van der Waals surface area contributed by atoms with Gasteiger partial charge in [-0.05, 0) is 44.4 Å². The minimum Gasteiger partial charge on any atom is -0.462 e. The van der Waals surface area contributed by atoms with Crippen molar-refractivity contribution in [3.8, 4) is 6.07 Å². The van der Waals surface area contributed by atoms with Crippen molar-refractivity contribution < 1.29 is 17.9 Å². The number of nitriles is 1. The number of nitrogens with one attached hydrogen (secondary N) is 1. The summed E-state index contributed by atoms with van der Waals surface area (Å²) >= 11 is 1.00. The maximum absolute atomic E-state index is 13.1. The fourth-order valence-electron chi connectivity index (χ4n) is 2.45. The summed E-state index contributed by atoms with van der Waals surface area (Å²) in [4.78, 5) is 12.2. The number of thioether (sulfide) groups is 1. The quantitative estimate of drug-likeness (QED) is 0.431. The minimum atomic E-state index is -4.13. The number of benzene rings is 1. The van der Waals surface area contributed by atoms with Crippen molar-refractivity contribution in [2.24, 2.45) is 0 Å². The van der Waals surface area contributed by atoms with Gasteiger partial charge in [0.15, 0.2) is 4.91 Å². The number of nitrogens with zero attached hydrogens (tertiary/aromatic N) is 1. The number of hydrogen-bond donors (Lipinski definition) is 1. The molecule has 0 atom stereocenters. The molecule has 0 unspecified atom stereocenters. The van der Waals surface area contributed by atoms with Gasteiger partial charge in [0, 0.05) is 6.20 Å². The van der Waals surface area contributed by atoms with E-state index in [1.807, 2.05) is 6.92 Å². The Morgan fingerprint density at radius 1 is 1.25 bits per heavy atom. The Bertz CT molecular complexity index is 1020. The highest BCUT2D eigenvalue weighted by Crippen LogP contribution is 2.34. The molecule has 2 rings (SSSR count). The molecule has 1 aliphatic heterocycles. The number of carbonyl (C=O) groups is 1. The average Bonchev–Trinajstić information content (AvgIpc) is 2.68. The molecule has 1 aliphatic rings. The highest BCUT2D eigenvalue weighted by Gasteiger charge is 2.30. The molecule has 0 saturated carbocycles. The average molecular weight is 417 g/mol. The molecule has 0 amide bonds. The predicted molar refractivity (Wildman–Crippen MR) is 110 cm³/mol. The van der Waals surface area contributed by atoms with Gasteiger partial charge in [0.05, 0.1) is 27.7 Å². The van der Waals surface area contributed by atoms with Crippen molar-refractivity contribution in [2.75, 3.05) is 12.9 Å². The van der Waals surface area contributed by atoms with E-state index in [0.717, 1.165) is 17.3 Å². The fraction of sp³-hybridized carbons (Fsp3) is 0.200. The summed E-state index contributed by atoms with van der Waals surface area (Å²) in [5.41, 5.74) is 1.25. The second-order valence-corrected chi connectivity index (χ2v) is 8.37. The zero-order valence-electron chi connectivity index (χ0n) is 15.7. The summed E-state index contributed by atoms with van der Waals surface area (Å²) < 4.78 is 31.4. The SMILES string of the molecule is CCOC(=O)C(=C1/C=CC=CN1)/C(SC)=C(/C#N)S(=O)(=O)c1ccc(C)cc1. The lowest BCUT2D eigenvalue weighted by atomic mass is 10.1.